The second kappa shape index (κ2) is 8.29. The Bertz CT molecular complexity index is 1010. The summed E-state index contributed by atoms with van der Waals surface area (Å²) in [5.41, 5.74) is 7.67. The molecule has 1 aliphatic rings. The second-order valence-electron chi connectivity index (χ2n) is 7.40. The molecule has 0 saturated heterocycles. The molecule has 29 heavy (non-hydrogen) atoms. The van der Waals surface area contributed by atoms with Gasteiger partial charge in [-0.25, -0.2) is 4.68 Å². The third kappa shape index (κ3) is 4.15. The van der Waals surface area contributed by atoms with Crippen molar-refractivity contribution in [3.8, 4) is 0 Å². The fourth-order valence-corrected chi connectivity index (χ4v) is 4.54. The number of hydrogen-bond donors (Lipinski definition) is 2. The van der Waals surface area contributed by atoms with E-state index in [2.05, 4.69) is 59.1 Å². The molecular formula is C22H25N5OS. The summed E-state index contributed by atoms with van der Waals surface area (Å²) in [6, 6.07) is 16.0. The molecule has 6 nitrogen and oxygen atoms in total. The van der Waals surface area contributed by atoms with E-state index in [1.165, 1.54) is 17.3 Å². The summed E-state index contributed by atoms with van der Waals surface area (Å²) in [7, 11) is 0. The van der Waals surface area contributed by atoms with Crippen molar-refractivity contribution in [2.75, 3.05) is 10.7 Å². The van der Waals surface area contributed by atoms with E-state index < -0.39 is 0 Å². The minimum Gasteiger partial charge on any atom is -0.325 e. The second-order valence-corrected chi connectivity index (χ2v) is 8.51. The van der Waals surface area contributed by atoms with E-state index in [-0.39, 0.29) is 17.2 Å². The SMILES string of the molecule is CCCc1nnc2n1N[C@@H](c1ccc(C)cc1)[C@H](C(=O)Nc1cccc(C)c1)S2. The van der Waals surface area contributed by atoms with E-state index in [9.17, 15) is 4.79 Å². The van der Waals surface area contributed by atoms with Gasteiger partial charge in [-0.05, 0) is 43.5 Å². The number of hydrogen-bond acceptors (Lipinski definition) is 5. The highest BCUT2D eigenvalue weighted by atomic mass is 32.2. The summed E-state index contributed by atoms with van der Waals surface area (Å²) < 4.78 is 1.94. The maximum absolute atomic E-state index is 13.2. The Hall–Kier alpha value is -2.80. The lowest BCUT2D eigenvalue weighted by atomic mass is 10.0. The Kier molecular flexibility index (Phi) is 5.58. The summed E-state index contributed by atoms with van der Waals surface area (Å²) in [6.45, 7) is 6.19. The number of nitrogens with one attached hydrogen (secondary N) is 2. The van der Waals surface area contributed by atoms with Crippen LogP contribution in [0.5, 0.6) is 0 Å². The van der Waals surface area contributed by atoms with Crippen LogP contribution < -0.4 is 10.7 Å². The largest absolute Gasteiger partial charge is 0.325 e. The topological polar surface area (TPSA) is 71.8 Å². The molecular weight excluding hydrogens is 382 g/mol. The van der Waals surface area contributed by atoms with Crippen LogP contribution in [0.4, 0.5) is 5.69 Å². The van der Waals surface area contributed by atoms with Gasteiger partial charge in [-0.15, -0.1) is 10.2 Å². The van der Waals surface area contributed by atoms with Gasteiger partial charge in [-0.1, -0.05) is 60.6 Å². The molecule has 150 valence electrons. The molecule has 0 spiro atoms. The van der Waals surface area contributed by atoms with Crippen molar-refractivity contribution in [2.45, 2.75) is 50.1 Å². The van der Waals surface area contributed by atoms with Gasteiger partial charge in [0.05, 0.1) is 6.04 Å². The van der Waals surface area contributed by atoms with Gasteiger partial charge in [0.2, 0.25) is 11.1 Å². The fraction of sp³-hybridized carbons (Fsp3) is 0.318. The van der Waals surface area contributed by atoms with E-state index in [4.69, 9.17) is 0 Å². The maximum atomic E-state index is 13.2. The minimum absolute atomic E-state index is 0.0510. The van der Waals surface area contributed by atoms with Crippen LogP contribution in [0.15, 0.2) is 53.7 Å². The lowest BCUT2D eigenvalue weighted by Gasteiger charge is -2.33. The van der Waals surface area contributed by atoms with Crippen molar-refractivity contribution < 1.29 is 4.79 Å². The Morgan fingerprint density at radius 1 is 1.14 bits per heavy atom. The van der Waals surface area contributed by atoms with E-state index >= 15 is 0 Å². The first-order valence-corrected chi connectivity index (χ1v) is 10.7. The highest BCUT2D eigenvalue weighted by Crippen LogP contribution is 2.37. The summed E-state index contributed by atoms with van der Waals surface area (Å²) >= 11 is 1.46. The standard InChI is InChI=1S/C22H25N5OS/c1-4-6-18-24-25-22-27(18)26-19(16-11-9-14(2)10-12-16)20(29-22)21(28)23-17-8-5-7-15(3)13-17/h5,7-13,19-20,26H,4,6H2,1-3H3,(H,23,28)/t19-,20+/m0/s1. The Labute approximate surface area is 175 Å². The number of nitrogens with zero attached hydrogens (tertiary/aromatic N) is 3. The highest BCUT2D eigenvalue weighted by molar-refractivity contribution is 8.00. The van der Waals surface area contributed by atoms with Crippen LogP contribution in [0.1, 0.15) is 41.9 Å². The normalized spacial score (nSPS) is 18.0. The van der Waals surface area contributed by atoms with E-state index in [1.807, 2.05) is 35.9 Å². The maximum Gasteiger partial charge on any atom is 0.240 e. The van der Waals surface area contributed by atoms with Gasteiger partial charge in [-0.3, -0.25) is 4.79 Å². The molecule has 2 N–H and O–H groups in total. The molecule has 2 heterocycles. The Morgan fingerprint density at radius 3 is 2.66 bits per heavy atom. The van der Waals surface area contributed by atoms with Crippen LogP contribution in [0, 0.1) is 13.8 Å². The number of fused-ring (bicyclic) bond motifs is 1. The number of carbonyl (C=O) groups excluding carboxylic acids is 1. The molecule has 7 heteroatoms. The molecule has 0 radical (unpaired) electrons. The Balaban J connectivity index is 1.66. The van der Waals surface area contributed by atoms with Gasteiger partial charge in [-0.2, -0.15) is 0 Å². The molecule has 2 aromatic carbocycles. The highest BCUT2D eigenvalue weighted by Gasteiger charge is 2.37. The van der Waals surface area contributed by atoms with Gasteiger partial charge in [0.15, 0.2) is 5.82 Å². The molecule has 0 bridgehead atoms. The first kappa shape index (κ1) is 19.5. The minimum atomic E-state index is -0.371. The number of aryl methyl sites for hydroxylation is 3. The molecule has 1 aliphatic heterocycles. The first-order valence-electron chi connectivity index (χ1n) is 9.86. The van der Waals surface area contributed by atoms with E-state index in [0.29, 0.717) is 0 Å². The summed E-state index contributed by atoms with van der Waals surface area (Å²) in [4.78, 5) is 13.2. The van der Waals surface area contributed by atoms with E-state index in [0.717, 1.165) is 40.6 Å². The summed E-state index contributed by atoms with van der Waals surface area (Å²) in [6.07, 6.45) is 1.82. The van der Waals surface area contributed by atoms with E-state index in [1.54, 1.807) is 0 Å². The molecule has 1 aromatic heterocycles. The molecule has 0 unspecified atom stereocenters. The summed E-state index contributed by atoms with van der Waals surface area (Å²) in [5, 5.41) is 12.0. The number of anilines is 1. The molecule has 0 aliphatic carbocycles. The molecule has 2 atom stereocenters. The van der Waals surface area contributed by atoms with Gasteiger partial charge in [0.1, 0.15) is 5.25 Å². The number of benzene rings is 2. The van der Waals surface area contributed by atoms with Crippen LogP contribution in [-0.4, -0.2) is 26.0 Å². The van der Waals surface area contributed by atoms with Gasteiger partial charge < -0.3 is 10.7 Å². The van der Waals surface area contributed by atoms with Crippen molar-refractivity contribution in [2.24, 2.45) is 0 Å². The fourth-order valence-electron chi connectivity index (χ4n) is 3.44. The van der Waals surface area contributed by atoms with Crippen LogP contribution in [-0.2, 0) is 11.2 Å². The van der Waals surface area contributed by atoms with Crippen LogP contribution in [0.2, 0.25) is 0 Å². The quantitative estimate of drug-likeness (QED) is 0.662. The first-order chi connectivity index (χ1) is 14.0. The third-order valence-electron chi connectivity index (χ3n) is 4.96. The lowest BCUT2D eigenvalue weighted by molar-refractivity contribution is -0.116. The molecule has 4 rings (SSSR count). The van der Waals surface area contributed by atoms with Crippen molar-refractivity contribution in [3.63, 3.8) is 0 Å². The number of amides is 1. The van der Waals surface area contributed by atoms with Crippen molar-refractivity contribution in [3.05, 3.63) is 71.0 Å². The summed E-state index contributed by atoms with van der Waals surface area (Å²) in [5.74, 6) is 0.842. The third-order valence-corrected chi connectivity index (χ3v) is 6.17. The van der Waals surface area contributed by atoms with Crippen LogP contribution in [0.3, 0.4) is 0 Å². The van der Waals surface area contributed by atoms with Crippen LogP contribution >= 0.6 is 11.8 Å². The van der Waals surface area contributed by atoms with Crippen molar-refractivity contribution in [1.82, 2.24) is 14.9 Å². The molecule has 3 aromatic rings. The predicted octanol–water partition coefficient (Wildman–Crippen LogP) is 4.25. The Morgan fingerprint density at radius 2 is 1.93 bits per heavy atom. The number of aromatic nitrogens is 3. The van der Waals surface area contributed by atoms with Crippen molar-refractivity contribution in [1.29, 1.82) is 0 Å². The predicted molar refractivity (Wildman–Crippen MR) is 117 cm³/mol. The van der Waals surface area contributed by atoms with Gasteiger partial charge >= 0.3 is 0 Å². The molecule has 1 amide bonds. The van der Waals surface area contributed by atoms with Crippen molar-refractivity contribution >= 4 is 23.4 Å². The zero-order valence-corrected chi connectivity index (χ0v) is 17.7. The number of thioether (sulfide) groups is 1. The van der Waals surface area contributed by atoms with Crippen LogP contribution in [0.25, 0.3) is 0 Å². The average molecular weight is 408 g/mol. The zero-order valence-electron chi connectivity index (χ0n) is 16.8. The van der Waals surface area contributed by atoms with Gasteiger partial charge in [0, 0.05) is 12.1 Å². The number of rotatable bonds is 5. The zero-order chi connectivity index (χ0) is 20.4. The number of carbonyl (C=O) groups is 1. The lowest BCUT2D eigenvalue weighted by Crippen LogP contribution is -2.41. The smallest absolute Gasteiger partial charge is 0.240 e. The monoisotopic (exact) mass is 407 g/mol. The molecule has 0 saturated carbocycles. The average Bonchev–Trinajstić information content (AvgIpc) is 3.10. The molecule has 0 fully saturated rings. The van der Waals surface area contributed by atoms with Gasteiger partial charge in [0.25, 0.3) is 0 Å².